The molecule has 0 spiro atoms. The van der Waals surface area contributed by atoms with Gasteiger partial charge in [-0.1, -0.05) is 74.5 Å². The van der Waals surface area contributed by atoms with E-state index in [0.29, 0.717) is 25.0 Å². The Morgan fingerprint density at radius 3 is 2.33 bits per heavy atom. The molecule has 3 rings (SSSR count). The van der Waals surface area contributed by atoms with Gasteiger partial charge in [-0.2, -0.15) is 13.2 Å². The number of carbonyl (C=O) groups excluding carboxylic acids is 1. The van der Waals surface area contributed by atoms with Gasteiger partial charge in [-0.15, -0.1) is 0 Å². The maximum Gasteiger partial charge on any atom is 0.416 e. The van der Waals surface area contributed by atoms with Gasteiger partial charge >= 0.3 is 12.1 Å². The van der Waals surface area contributed by atoms with Crippen LogP contribution >= 0.6 is 0 Å². The number of carboxylic acids is 1. The summed E-state index contributed by atoms with van der Waals surface area (Å²) in [5.74, 6) is -1.11. The fourth-order valence-corrected chi connectivity index (χ4v) is 4.34. The second-order valence-electron chi connectivity index (χ2n) is 9.42. The van der Waals surface area contributed by atoms with E-state index in [2.05, 4.69) is 17.4 Å². The van der Waals surface area contributed by atoms with E-state index in [1.807, 2.05) is 43.3 Å². The van der Waals surface area contributed by atoms with Crippen molar-refractivity contribution in [2.75, 3.05) is 6.61 Å². The lowest BCUT2D eigenvalue weighted by atomic mass is 9.99. The smallest absolute Gasteiger partial charge is 0.416 e. The number of aliphatic carboxylic acids is 1. The summed E-state index contributed by atoms with van der Waals surface area (Å²) < 4.78 is 45.1. The van der Waals surface area contributed by atoms with Crippen LogP contribution in [0.25, 0.3) is 0 Å². The van der Waals surface area contributed by atoms with Gasteiger partial charge in [0.05, 0.1) is 12.2 Å². The molecule has 5 nitrogen and oxygen atoms in total. The Balaban J connectivity index is 1.64. The lowest BCUT2D eigenvalue weighted by molar-refractivity contribution is -0.141. The molecule has 0 saturated heterocycles. The summed E-state index contributed by atoms with van der Waals surface area (Å²) in [7, 11) is 0. The van der Waals surface area contributed by atoms with Crippen LogP contribution in [-0.2, 0) is 41.4 Å². The minimum Gasteiger partial charge on any atom is -0.493 e. The van der Waals surface area contributed by atoms with Gasteiger partial charge in [0.2, 0.25) is 5.91 Å². The van der Waals surface area contributed by atoms with Crippen molar-refractivity contribution in [2.24, 2.45) is 0 Å². The second-order valence-corrected chi connectivity index (χ2v) is 9.42. The minimum absolute atomic E-state index is 0.170. The molecule has 0 heterocycles. The Labute approximate surface area is 232 Å². The number of aryl methyl sites for hydroxylation is 1. The number of hydrogen-bond donors (Lipinski definition) is 2. The van der Waals surface area contributed by atoms with Crippen molar-refractivity contribution in [1.82, 2.24) is 5.32 Å². The van der Waals surface area contributed by atoms with Gasteiger partial charge in [0, 0.05) is 18.4 Å². The zero-order valence-corrected chi connectivity index (χ0v) is 22.6. The highest BCUT2D eigenvalue weighted by atomic mass is 19.4. The van der Waals surface area contributed by atoms with E-state index < -0.39 is 29.7 Å². The maximum absolute atomic E-state index is 13.0. The number of rotatable bonds is 13. The first-order chi connectivity index (χ1) is 19.1. The summed E-state index contributed by atoms with van der Waals surface area (Å²) in [5, 5.41) is 12.1. The summed E-state index contributed by atoms with van der Waals surface area (Å²) >= 11 is 0. The highest BCUT2D eigenvalue weighted by molar-refractivity contribution is 5.96. The van der Waals surface area contributed by atoms with Crippen LogP contribution in [0.4, 0.5) is 13.2 Å². The molecule has 3 aromatic carbocycles. The van der Waals surface area contributed by atoms with Gasteiger partial charge in [0.1, 0.15) is 11.8 Å². The lowest BCUT2D eigenvalue weighted by Gasteiger charge is -2.17. The van der Waals surface area contributed by atoms with Gasteiger partial charge < -0.3 is 15.2 Å². The summed E-state index contributed by atoms with van der Waals surface area (Å²) in [6, 6.07) is 19.0. The average molecular weight is 554 g/mol. The molecule has 8 heteroatoms. The van der Waals surface area contributed by atoms with Crippen LogP contribution in [0.1, 0.15) is 48.1 Å². The fraction of sp³-hybridized carbons (Fsp3) is 0.312. The SMILES string of the molecule is CC/C(=C\Cc1ccc(OCCc2ccccc2)cc1CC)C(=O)NC(Cc1cccc(C(F)(F)F)c1)C(=O)O. The number of halogens is 3. The molecule has 0 aliphatic rings. The van der Waals surface area contributed by atoms with Crippen molar-refractivity contribution in [2.45, 2.75) is 58.2 Å². The topological polar surface area (TPSA) is 75.6 Å². The van der Waals surface area contributed by atoms with Crippen LogP contribution in [0.5, 0.6) is 5.75 Å². The van der Waals surface area contributed by atoms with E-state index in [1.165, 1.54) is 17.7 Å². The molecule has 0 radical (unpaired) electrons. The first-order valence-electron chi connectivity index (χ1n) is 13.3. The zero-order valence-electron chi connectivity index (χ0n) is 22.6. The van der Waals surface area contributed by atoms with Crippen molar-refractivity contribution in [3.8, 4) is 5.75 Å². The quantitative estimate of drug-likeness (QED) is 0.235. The van der Waals surface area contributed by atoms with E-state index in [-0.39, 0.29) is 12.0 Å². The molecule has 1 unspecified atom stereocenters. The molecule has 1 amide bonds. The second kappa shape index (κ2) is 14.4. The number of hydrogen-bond acceptors (Lipinski definition) is 3. The molecule has 212 valence electrons. The van der Waals surface area contributed by atoms with E-state index >= 15 is 0 Å². The summed E-state index contributed by atoms with van der Waals surface area (Å²) in [4.78, 5) is 24.7. The first kappa shape index (κ1) is 30.5. The molecular weight excluding hydrogens is 519 g/mol. The minimum atomic E-state index is -4.54. The molecule has 3 aromatic rings. The Morgan fingerprint density at radius 1 is 0.950 bits per heavy atom. The van der Waals surface area contributed by atoms with Crippen molar-refractivity contribution < 1.29 is 32.6 Å². The Morgan fingerprint density at radius 2 is 1.68 bits per heavy atom. The highest BCUT2D eigenvalue weighted by Gasteiger charge is 2.31. The average Bonchev–Trinajstić information content (AvgIpc) is 2.93. The number of nitrogens with one attached hydrogen (secondary N) is 1. The van der Waals surface area contributed by atoms with Crippen LogP contribution in [-0.4, -0.2) is 29.6 Å². The third-order valence-electron chi connectivity index (χ3n) is 6.60. The van der Waals surface area contributed by atoms with Crippen molar-refractivity contribution >= 4 is 11.9 Å². The van der Waals surface area contributed by atoms with Crippen LogP contribution in [0.3, 0.4) is 0 Å². The molecule has 2 N–H and O–H groups in total. The number of carboxylic acid groups (broad SMARTS) is 1. The molecule has 0 aliphatic heterocycles. The molecule has 0 saturated carbocycles. The molecule has 0 fully saturated rings. The Bertz CT molecular complexity index is 1320. The van der Waals surface area contributed by atoms with E-state index in [4.69, 9.17) is 4.74 Å². The Kier molecular flexibility index (Phi) is 10.9. The lowest BCUT2D eigenvalue weighted by Crippen LogP contribution is -2.43. The van der Waals surface area contributed by atoms with Crippen LogP contribution < -0.4 is 10.1 Å². The third-order valence-corrected chi connectivity index (χ3v) is 6.60. The van der Waals surface area contributed by atoms with E-state index in [0.717, 1.165) is 41.9 Å². The standard InChI is InChI=1S/C32H34F3NO4/c1-3-24(30(37)36-29(31(38)39)20-23-11-8-12-27(19-23)32(33,34)35)13-14-26-15-16-28(21-25(26)4-2)40-18-17-22-9-6-5-7-10-22/h5-13,15-16,19,21,29H,3-4,14,17-18,20H2,1-2H3,(H,36,37)(H,38,39)/b24-13+. The van der Waals surface area contributed by atoms with E-state index in [1.54, 1.807) is 13.0 Å². The number of benzene rings is 3. The predicted octanol–water partition coefficient (Wildman–Crippen LogP) is 6.58. The number of ether oxygens (including phenoxy) is 1. The van der Waals surface area contributed by atoms with Crippen LogP contribution in [0.15, 0.2) is 84.4 Å². The number of allylic oxidation sites excluding steroid dienone is 1. The summed E-state index contributed by atoms with van der Waals surface area (Å²) in [6.07, 6.45) is -0.645. The largest absolute Gasteiger partial charge is 0.493 e. The summed E-state index contributed by atoms with van der Waals surface area (Å²) in [5.41, 5.74) is 3.01. The fourth-order valence-electron chi connectivity index (χ4n) is 4.34. The van der Waals surface area contributed by atoms with Gasteiger partial charge in [-0.05, 0) is 59.7 Å². The molecule has 40 heavy (non-hydrogen) atoms. The number of alkyl halides is 3. The van der Waals surface area contributed by atoms with Gasteiger partial charge in [0.15, 0.2) is 0 Å². The normalized spacial score (nSPS) is 12.6. The first-order valence-corrected chi connectivity index (χ1v) is 13.3. The van der Waals surface area contributed by atoms with Gasteiger partial charge in [-0.25, -0.2) is 4.79 Å². The molecule has 1 atom stereocenters. The molecule has 0 aliphatic carbocycles. The van der Waals surface area contributed by atoms with Gasteiger partial charge in [-0.3, -0.25) is 4.79 Å². The number of amides is 1. The molecule has 0 aromatic heterocycles. The maximum atomic E-state index is 13.0. The summed E-state index contributed by atoms with van der Waals surface area (Å²) in [6.45, 7) is 4.38. The van der Waals surface area contributed by atoms with Crippen molar-refractivity contribution in [3.05, 3.63) is 112 Å². The number of carbonyl (C=O) groups is 2. The zero-order chi connectivity index (χ0) is 29.1. The van der Waals surface area contributed by atoms with Crippen molar-refractivity contribution in [1.29, 1.82) is 0 Å². The van der Waals surface area contributed by atoms with Gasteiger partial charge in [0.25, 0.3) is 0 Å². The van der Waals surface area contributed by atoms with Crippen LogP contribution in [0, 0.1) is 0 Å². The highest BCUT2D eigenvalue weighted by Crippen LogP contribution is 2.29. The van der Waals surface area contributed by atoms with Crippen LogP contribution in [0.2, 0.25) is 0 Å². The van der Waals surface area contributed by atoms with Crippen molar-refractivity contribution in [3.63, 3.8) is 0 Å². The third kappa shape index (κ3) is 9.00. The monoisotopic (exact) mass is 553 g/mol. The Hall–Kier alpha value is -4.07. The predicted molar refractivity (Wildman–Crippen MR) is 148 cm³/mol. The molecular formula is C32H34F3NO4. The van der Waals surface area contributed by atoms with E-state index in [9.17, 15) is 27.9 Å². The molecule has 0 bridgehead atoms.